The smallest absolute Gasteiger partial charge is 0.226 e. The van der Waals surface area contributed by atoms with Gasteiger partial charge in [0.1, 0.15) is 6.10 Å². The number of Topliss-reactive ketones (excluding diaryl/α,β-unsaturated/α-hetero) is 2. The van der Waals surface area contributed by atoms with Crippen molar-refractivity contribution in [2.45, 2.75) is 32.3 Å². The molecule has 1 N–H and O–H groups in total. The quantitative estimate of drug-likeness (QED) is 0.596. The molecule has 0 spiro atoms. The van der Waals surface area contributed by atoms with Gasteiger partial charge >= 0.3 is 0 Å². The van der Waals surface area contributed by atoms with E-state index in [1.807, 2.05) is 0 Å². The van der Waals surface area contributed by atoms with E-state index in [1.165, 1.54) is 0 Å². The summed E-state index contributed by atoms with van der Waals surface area (Å²) in [6.07, 6.45) is 0.905. The topological polar surface area (TPSA) is 54.4 Å². The number of aliphatic hydroxyl groups is 1. The molecular weight excluding hydrogens is 144 g/mol. The predicted molar refractivity (Wildman–Crippen MR) is 39.0 cm³/mol. The molecule has 3 nitrogen and oxygen atoms in total. The SMILES string of the molecule is CCC(O)C(=O)C(=O)C1CC1. The van der Waals surface area contributed by atoms with Gasteiger partial charge in [0.05, 0.1) is 0 Å². The minimum absolute atomic E-state index is 0.0660. The Morgan fingerprint density at radius 1 is 1.55 bits per heavy atom. The van der Waals surface area contributed by atoms with Crippen molar-refractivity contribution in [2.24, 2.45) is 5.92 Å². The molecule has 62 valence electrons. The van der Waals surface area contributed by atoms with Gasteiger partial charge in [-0.3, -0.25) is 9.59 Å². The highest BCUT2D eigenvalue weighted by atomic mass is 16.3. The lowest BCUT2D eigenvalue weighted by Crippen LogP contribution is -2.28. The first-order chi connectivity index (χ1) is 5.16. The summed E-state index contributed by atoms with van der Waals surface area (Å²) in [5.74, 6) is -1.04. The second kappa shape index (κ2) is 3.13. The molecule has 1 aliphatic carbocycles. The second-order valence-electron chi connectivity index (χ2n) is 2.93. The summed E-state index contributed by atoms with van der Waals surface area (Å²) < 4.78 is 0. The fraction of sp³-hybridized carbons (Fsp3) is 0.750. The molecule has 1 unspecified atom stereocenters. The molecule has 0 aromatic heterocycles. The summed E-state index contributed by atoms with van der Waals surface area (Å²) in [4.78, 5) is 22.0. The molecule has 1 saturated carbocycles. The van der Waals surface area contributed by atoms with Crippen molar-refractivity contribution in [3.05, 3.63) is 0 Å². The van der Waals surface area contributed by atoms with Gasteiger partial charge in [0.25, 0.3) is 0 Å². The Hall–Kier alpha value is -0.700. The molecule has 1 atom stereocenters. The van der Waals surface area contributed by atoms with Crippen molar-refractivity contribution >= 4 is 11.6 Å². The van der Waals surface area contributed by atoms with E-state index in [0.717, 1.165) is 12.8 Å². The van der Waals surface area contributed by atoms with E-state index in [-0.39, 0.29) is 11.7 Å². The van der Waals surface area contributed by atoms with E-state index < -0.39 is 11.9 Å². The van der Waals surface area contributed by atoms with Gasteiger partial charge < -0.3 is 5.11 Å². The number of carbonyl (C=O) groups is 2. The van der Waals surface area contributed by atoms with Gasteiger partial charge in [-0.2, -0.15) is 0 Å². The normalized spacial score (nSPS) is 19.5. The molecule has 0 aromatic carbocycles. The molecule has 0 saturated heterocycles. The van der Waals surface area contributed by atoms with E-state index >= 15 is 0 Å². The Labute approximate surface area is 65.4 Å². The van der Waals surface area contributed by atoms with Crippen LogP contribution in [0.25, 0.3) is 0 Å². The third-order valence-corrected chi connectivity index (χ3v) is 1.88. The zero-order valence-electron chi connectivity index (χ0n) is 6.54. The zero-order chi connectivity index (χ0) is 8.43. The molecule has 0 amide bonds. The van der Waals surface area contributed by atoms with Crippen LogP contribution in [-0.2, 0) is 9.59 Å². The number of carbonyl (C=O) groups excluding carboxylic acids is 2. The molecule has 0 radical (unpaired) electrons. The minimum Gasteiger partial charge on any atom is -0.385 e. The summed E-state index contributed by atoms with van der Waals surface area (Å²) >= 11 is 0. The average Bonchev–Trinajstić information content (AvgIpc) is 2.82. The molecule has 3 heteroatoms. The zero-order valence-corrected chi connectivity index (χ0v) is 6.54. The van der Waals surface area contributed by atoms with E-state index in [9.17, 15) is 9.59 Å². The summed E-state index contributed by atoms with van der Waals surface area (Å²) in [6, 6.07) is 0. The Morgan fingerprint density at radius 2 is 2.09 bits per heavy atom. The van der Waals surface area contributed by atoms with Crippen molar-refractivity contribution in [2.75, 3.05) is 0 Å². The highest BCUT2D eigenvalue weighted by Crippen LogP contribution is 2.30. The van der Waals surface area contributed by atoms with Gasteiger partial charge in [-0.1, -0.05) is 6.92 Å². The first-order valence-corrected chi connectivity index (χ1v) is 3.93. The summed E-state index contributed by atoms with van der Waals surface area (Å²) in [5, 5.41) is 9.00. The molecule has 1 fully saturated rings. The molecule has 1 aliphatic rings. The van der Waals surface area contributed by atoms with Gasteiger partial charge in [-0.05, 0) is 19.3 Å². The molecule has 0 aromatic rings. The van der Waals surface area contributed by atoms with Crippen LogP contribution in [-0.4, -0.2) is 22.8 Å². The van der Waals surface area contributed by atoms with Crippen molar-refractivity contribution in [1.29, 1.82) is 0 Å². The highest BCUT2D eigenvalue weighted by Gasteiger charge is 2.36. The highest BCUT2D eigenvalue weighted by molar-refractivity contribution is 6.40. The van der Waals surface area contributed by atoms with Crippen LogP contribution in [0.5, 0.6) is 0 Å². The maximum atomic E-state index is 11.0. The van der Waals surface area contributed by atoms with Crippen LogP contribution in [0.15, 0.2) is 0 Å². The molecule has 0 heterocycles. The van der Waals surface area contributed by atoms with Gasteiger partial charge in [0.2, 0.25) is 11.6 Å². The number of ketones is 2. The van der Waals surface area contributed by atoms with Crippen molar-refractivity contribution in [3.63, 3.8) is 0 Å². The lowest BCUT2D eigenvalue weighted by molar-refractivity contribution is -0.142. The predicted octanol–water partition coefficient (Wildman–Crippen LogP) is 0.305. The van der Waals surface area contributed by atoms with E-state index in [1.54, 1.807) is 6.92 Å². The van der Waals surface area contributed by atoms with E-state index in [2.05, 4.69) is 0 Å². The monoisotopic (exact) mass is 156 g/mol. The van der Waals surface area contributed by atoms with Gasteiger partial charge in [0, 0.05) is 5.92 Å². The molecular formula is C8H12O3. The summed E-state index contributed by atoms with van der Waals surface area (Å²) in [6.45, 7) is 1.68. The standard InChI is InChI=1S/C8H12O3/c1-2-6(9)8(11)7(10)5-3-4-5/h5-6,9H,2-4H2,1H3. The fourth-order valence-corrected chi connectivity index (χ4v) is 0.896. The Kier molecular flexibility index (Phi) is 2.39. The maximum absolute atomic E-state index is 11.0. The third kappa shape index (κ3) is 1.87. The third-order valence-electron chi connectivity index (χ3n) is 1.88. The van der Waals surface area contributed by atoms with Gasteiger partial charge in [-0.15, -0.1) is 0 Å². The maximum Gasteiger partial charge on any atom is 0.226 e. The largest absolute Gasteiger partial charge is 0.385 e. The molecule has 0 aliphatic heterocycles. The molecule has 1 rings (SSSR count). The van der Waals surface area contributed by atoms with Crippen LogP contribution in [0, 0.1) is 5.92 Å². The first-order valence-electron chi connectivity index (χ1n) is 3.93. The summed E-state index contributed by atoms with van der Waals surface area (Å²) in [5.41, 5.74) is 0. The fourth-order valence-electron chi connectivity index (χ4n) is 0.896. The van der Waals surface area contributed by atoms with Crippen LogP contribution in [0.1, 0.15) is 26.2 Å². The van der Waals surface area contributed by atoms with Crippen LogP contribution in [0.4, 0.5) is 0 Å². The van der Waals surface area contributed by atoms with Crippen molar-refractivity contribution in [3.8, 4) is 0 Å². The lowest BCUT2D eigenvalue weighted by Gasteiger charge is -2.03. The van der Waals surface area contributed by atoms with Crippen LogP contribution in [0.2, 0.25) is 0 Å². The number of rotatable bonds is 4. The Bertz CT molecular complexity index is 182. The van der Waals surface area contributed by atoms with E-state index in [0.29, 0.717) is 6.42 Å². The Morgan fingerprint density at radius 3 is 2.45 bits per heavy atom. The number of hydrogen-bond donors (Lipinski definition) is 1. The van der Waals surface area contributed by atoms with Crippen molar-refractivity contribution < 1.29 is 14.7 Å². The van der Waals surface area contributed by atoms with Gasteiger partial charge in [-0.25, -0.2) is 0 Å². The summed E-state index contributed by atoms with van der Waals surface area (Å²) in [7, 11) is 0. The molecule has 0 bridgehead atoms. The Balaban J connectivity index is 2.45. The number of aliphatic hydroxyl groups excluding tert-OH is 1. The minimum atomic E-state index is -1.07. The van der Waals surface area contributed by atoms with Crippen LogP contribution >= 0.6 is 0 Å². The van der Waals surface area contributed by atoms with Gasteiger partial charge in [0.15, 0.2) is 0 Å². The van der Waals surface area contributed by atoms with Crippen molar-refractivity contribution in [1.82, 2.24) is 0 Å². The lowest BCUT2D eigenvalue weighted by atomic mass is 10.1. The molecule has 11 heavy (non-hydrogen) atoms. The average molecular weight is 156 g/mol. The van der Waals surface area contributed by atoms with Crippen LogP contribution in [0.3, 0.4) is 0 Å². The van der Waals surface area contributed by atoms with Crippen LogP contribution < -0.4 is 0 Å². The number of hydrogen-bond acceptors (Lipinski definition) is 3. The first kappa shape index (κ1) is 8.40. The van der Waals surface area contributed by atoms with E-state index in [4.69, 9.17) is 5.11 Å². The second-order valence-corrected chi connectivity index (χ2v) is 2.93.